The van der Waals surface area contributed by atoms with Crippen molar-refractivity contribution in [2.24, 2.45) is 0 Å². The third-order valence-corrected chi connectivity index (χ3v) is 7.63. The summed E-state index contributed by atoms with van der Waals surface area (Å²) < 4.78 is 33.9. The van der Waals surface area contributed by atoms with Crippen LogP contribution in [0.5, 0.6) is 5.75 Å². The van der Waals surface area contributed by atoms with Crippen LogP contribution in [-0.4, -0.2) is 27.5 Å². The molecule has 2 N–H and O–H groups in total. The summed E-state index contributed by atoms with van der Waals surface area (Å²) in [5, 5.41) is 2.84. The van der Waals surface area contributed by atoms with Crippen molar-refractivity contribution in [3.05, 3.63) is 78.4 Å². The molecule has 3 aromatic carbocycles. The Morgan fingerprint density at radius 2 is 1.61 bits per heavy atom. The van der Waals surface area contributed by atoms with E-state index in [9.17, 15) is 13.2 Å². The molecule has 0 aliphatic carbocycles. The third kappa shape index (κ3) is 6.37. The van der Waals surface area contributed by atoms with E-state index in [1.807, 2.05) is 68.4 Å². The molecule has 0 saturated carbocycles. The molecule has 174 valence electrons. The minimum absolute atomic E-state index is 0.0101. The van der Waals surface area contributed by atoms with Gasteiger partial charge in [0.2, 0.25) is 15.9 Å². The van der Waals surface area contributed by atoms with Crippen molar-refractivity contribution in [3.63, 3.8) is 0 Å². The van der Waals surface area contributed by atoms with E-state index >= 15 is 0 Å². The highest BCUT2D eigenvalue weighted by molar-refractivity contribution is 7.99. The van der Waals surface area contributed by atoms with Crippen LogP contribution in [0.2, 0.25) is 0 Å². The molecule has 33 heavy (non-hydrogen) atoms. The molecule has 0 fully saturated rings. The second-order valence-electron chi connectivity index (χ2n) is 7.81. The molecule has 0 aromatic heterocycles. The molecule has 8 heteroatoms. The molecular formula is C25H28N2O4S2. The third-order valence-electron chi connectivity index (χ3n) is 4.99. The Morgan fingerprint density at radius 1 is 0.939 bits per heavy atom. The number of hydrogen-bond acceptors (Lipinski definition) is 5. The van der Waals surface area contributed by atoms with Crippen molar-refractivity contribution in [2.75, 3.05) is 12.4 Å². The molecule has 3 aromatic rings. The summed E-state index contributed by atoms with van der Waals surface area (Å²) in [6, 6.07) is 21.3. The summed E-state index contributed by atoms with van der Waals surface area (Å²) in [7, 11) is -2.58. The van der Waals surface area contributed by atoms with E-state index in [0.29, 0.717) is 5.69 Å². The Hall–Kier alpha value is -2.81. The maximum absolute atomic E-state index is 13.1. The van der Waals surface area contributed by atoms with Crippen molar-refractivity contribution in [2.45, 2.75) is 47.4 Å². The summed E-state index contributed by atoms with van der Waals surface area (Å²) in [5.41, 5.74) is 1.47. The van der Waals surface area contributed by atoms with Gasteiger partial charge in [-0.15, -0.1) is 0 Å². The minimum Gasteiger partial charge on any atom is -0.495 e. The first-order valence-electron chi connectivity index (χ1n) is 10.5. The van der Waals surface area contributed by atoms with Crippen LogP contribution < -0.4 is 14.8 Å². The van der Waals surface area contributed by atoms with Crippen LogP contribution in [0.1, 0.15) is 32.3 Å². The molecule has 0 saturated heterocycles. The molecule has 3 rings (SSSR count). The van der Waals surface area contributed by atoms with Gasteiger partial charge in [-0.05, 0) is 54.8 Å². The van der Waals surface area contributed by atoms with Crippen LogP contribution >= 0.6 is 11.8 Å². The lowest BCUT2D eigenvalue weighted by Gasteiger charge is -2.18. The van der Waals surface area contributed by atoms with Gasteiger partial charge in [-0.2, -0.15) is 4.72 Å². The van der Waals surface area contributed by atoms with E-state index in [0.717, 1.165) is 15.4 Å². The zero-order chi connectivity index (χ0) is 24.0. The van der Waals surface area contributed by atoms with Gasteiger partial charge in [-0.1, -0.05) is 62.0 Å². The fraction of sp³-hybridized carbons (Fsp3) is 0.240. The number of sulfonamides is 1. The van der Waals surface area contributed by atoms with Gasteiger partial charge in [0.15, 0.2) is 0 Å². The first-order chi connectivity index (χ1) is 15.7. The molecule has 0 aliphatic heterocycles. The fourth-order valence-electron chi connectivity index (χ4n) is 3.13. The molecule has 1 amide bonds. The van der Waals surface area contributed by atoms with Crippen LogP contribution in [-0.2, 0) is 14.8 Å². The zero-order valence-electron chi connectivity index (χ0n) is 19.0. The van der Waals surface area contributed by atoms with Gasteiger partial charge in [0.1, 0.15) is 10.6 Å². The van der Waals surface area contributed by atoms with E-state index in [1.54, 1.807) is 18.2 Å². The number of ether oxygens (including phenoxy) is 1. The molecule has 0 spiro atoms. The molecule has 0 bridgehead atoms. The lowest BCUT2D eigenvalue weighted by Crippen LogP contribution is -2.41. The Bertz CT molecular complexity index is 1210. The number of para-hydroxylation sites is 1. The smallest absolute Gasteiger partial charge is 0.244 e. The van der Waals surface area contributed by atoms with Crippen molar-refractivity contribution < 1.29 is 17.9 Å². The first kappa shape index (κ1) is 24.8. The molecule has 0 radical (unpaired) electrons. The predicted octanol–water partition coefficient (Wildman–Crippen LogP) is 5.28. The highest BCUT2D eigenvalue weighted by atomic mass is 32.2. The van der Waals surface area contributed by atoms with Crippen LogP contribution in [0.4, 0.5) is 5.69 Å². The van der Waals surface area contributed by atoms with Crippen molar-refractivity contribution in [1.29, 1.82) is 0 Å². The van der Waals surface area contributed by atoms with Crippen LogP contribution in [0.25, 0.3) is 0 Å². The number of carbonyl (C=O) groups is 1. The second kappa shape index (κ2) is 10.9. The largest absolute Gasteiger partial charge is 0.495 e. The summed E-state index contributed by atoms with van der Waals surface area (Å²) in [5.74, 6) is -0.0908. The van der Waals surface area contributed by atoms with E-state index in [2.05, 4.69) is 10.0 Å². The van der Waals surface area contributed by atoms with Gasteiger partial charge in [0.25, 0.3) is 0 Å². The Labute approximate surface area is 199 Å². The average molecular weight is 485 g/mol. The summed E-state index contributed by atoms with van der Waals surface area (Å²) in [4.78, 5) is 14.8. The van der Waals surface area contributed by atoms with Gasteiger partial charge in [0, 0.05) is 9.79 Å². The standard InChI is InChI=1S/C25H28N2O4S2/c1-17(2)19-14-15-22(31-4)24(16-19)33(29,30)27-18(3)25(28)26-21-12-8-9-13-23(21)32-20-10-6-5-7-11-20/h5-18,27H,1-4H3,(H,26,28). The number of benzene rings is 3. The summed E-state index contributed by atoms with van der Waals surface area (Å²) in [6.07, 6.45) is 0. The number of rotatable bonds is 9. The van der Waals surface area contributed by atoms with Gasteiger partial charge >= 0.3 is 0 Å². The summed E-state index contributed by atoms with van der Waals surface area (Å²) in [6.45, 7) is 5.47. The zero-order valence-corrected chi connectivity index (χ0v) is 20.7. The molecule has 6 nitrogen and oxygen atoms in total. The van der Waals surface area contributed by atoms with Gasteiger partial charge < -0.3 is 10.1 Å². The van der Waals surface area contributed by atoms with Crippen LogP contribution in [0, 0.1) is 0 Å². The van der Waals surface area contributed by atoms with E-state index in [1.165, 1.54) is 25.8 Å². The number of carbonyl (C=O) groups excluding carboxylic acids is 1. The number of amides is 1. The molecule has 0 aliphatic rings. The van der Waals surface area contributed by atoms with Gasteiger partial charge in [-0.3, -0.25) is 4.79 Å². The molecule has 1 unspecified atom stereocenters. The average Bonchev–Trinajstić information content (AvgIpc) is 2.80. The quantitative estimate of drug-likeness (QED) is 0.432. The van der Waals surface area contributed by atoms with Crippen LogP contribution in [0.3, 0.4) is 0 Å². The molecular weight excluding hydrogens is 456 g/mol. The van der Waals surface area contributed by atoms with E-state index in [4.69, 9.17) is 4.74 Å². The van der Waals surface area contributed by atoms with E-state index < -0.39 is 22.0 Å². The number of nitrogens with one attached hydrogen (secondary N) is 2. The second-order valence-corrected chi connectivity index (χ2v) is 10.6. The maximum atomic E-state index is 13.1. The SMILES string of the molecule is COc1ccc(C(C)C)cc1S(=O)(=O)NC(C)C(=O)Nc1ccccc1Sc1ccccc1. The Morgan fingerprint density at radius 3 is 2.27 bits per heavy atom. The minimum atomic E-state index is -4.00. The normalized spacial score (nSPS) is 12.4. The van der Waals surface area contributed by atoms with E-state index in [-0.39, 0.29) is 16.6 Å². The van der Waals surface area contributed by atoms with Crippen molar-refractivity contribution in [3.8, 4) is 5.75 Å². The molecule has 0 heterocycles. The van der Waals surface area contributed by atoms with Crippen LogP contribution in [0.15, 0.2) is 87.5 Å². The molecule has 1 atom stereocenters. The Kier molecular flexibility index (Phi) is 8.18. The monoisotopic (exact) mass is 484 g/mol. The van der Waals surface area contributed by atoms with Crippen molar-refractivity contribution in [1.82, 2.24) is 4.72 Å². The maximum Gasteiger partial charge on any atom is 0.244 e. The number of hydrogen-bond donors (Lipinski definition) is 2. The lowest BCUT2D eigenvalue weighted by atomic mass is 10.0. The summed E-state index contributed by atoms with van der Waals surface area (Å²) >= 11 is 1.52. The lowest BCUT2D eigenvalue weighted by molar-refractivity contribution is -0.117. The topological polar surface area (TPSA) is 84.5 Å². The van der Waals surface area contributed by atoms with Gasteiger partial charge in [0.05, 0.1) is 18.8 Å². The van der Waals surface area contributed by atoms with Gasteiger partial charge in [-0.25, -0.2) is 8.42 Å². The fourth-order valence-corrected chi connectivity index (χ4v) is 5.46. The predicted molar refractivity (Wildman–Crippen MR) is 133 cm³/mol. The van der Waals surface area contributed by atoms with Crippen molar-refractivity contribution >= 4 is 33.4 Å². The number of methoxy groups -OCH3 is 1. The highest BCUT2D eigenvalue weighted by Gasteiger charge is 2.26. The highest BCUT2D eigenvalue weighted by Crippen LogP contribution is 2.33. The Balaban J connectivity index is 1.77. The first-order valence-corrected chi connectivity index (χ1v) is 12.8. The number of anilines is 1.